The standard InChI is InChI=1S/C17H21FN4OS/c1-12-2-3-13(10-15(12)18)4-5-17(23)20-14-6-8-22(9-7-14)16-11-19-24-21-16/h2-3,10-11,14H,4-9H2,1H3,(H,20,23). The zero-order valence-corrected chi connectivity index (χ0v) is 14.5. The van der Waals surface area contributed by atoms with Gasteiger partial charge in [-0.2, -0.15) is 8.75 Å². The summed E-state index contributed by atoms with van der Waals surface area (Å²) in [5.74, 6) is 0.743. The normalized spacial score (nSPS) is 15.5. The van der Waals surface area contributed by atoms with Gasteiger partial charge >= 0.3 is 0 Å². The second kappa shape index (κ2) is 7.70. The first-order chi connectivity index (χ1) is 11.6. The molecule has 0 atom stereocenters. The lowest BCUT2D eigenvalue weighted by Gasteiger charge is -2.32. The fraction of sp³-hybridized carbons (Fsp3) is 0.471. The Morgan fingerprint density at radius 2 is 2.21 bits per heavy atom. The summed E-state index contributed by atoms with van der Waals surface area (Å²) in [6.07, 6.45) is 4.54. The molecule has 7 heteroatoms. The second-order valence-corrected chi connectivity index (χ2v) is 6.73. The van der Waals surface area contributed by atoms with E-state index in [0.29, 0.717) is 18.4 Å². The molecule has 24 heavy (non-hydrogen) atoms. The van der Waals surface area contributed by atoms with Gasteiger partial charge in [0.25, 0.3) is 0 Å². The number of amides is 1. The lowest BCUT2D eigenvalue weighted by molar-refractivity contribution is -0.121. The fourth-order valence-corrected chi connectivity index (χ4v) is 3.34. The van der Waals surface area contributed by atoms with Crippen LogP contribution in [-0.2, 0) is 11.2 Å². The molecule has 0 aliphatic carbocycles. The van der Waals surface area contributed by atoms with Gasteiger partial charge in [-0.1, -0.05) is 12.1 Å². The van der Waals surface area contributed by atoms with Crippen LogP contribution in [0.5, 0.6) is 0 Å². The van der Waals surface area contributed by atoms with Crippen molar-refractivity contribution >= 4 is 23.5 Å². The van der Waals surface area contributed by atoms with Crippen LogP contribution in [0.15, 0.2) is 24.4 Å². The van der Waals surface area contributed by atoms with Gasteiger partial charge in [0.1, 0.15) is 5.82 Å². The maximum absolute atomic E-state index is 13.5. The van der Waals surface area contributed by atoms with Gasteiger partial charge in [-0.25, -0.2) is 4.39 Å². The molecule has 1 aromatic carbocycles. The van der Waals surface area contributed by atoms with Crippen molar-refractivity contribution in [2.75, 3.05) is 18.0 Å². The minimum atomic E-state index is -0.211. The summed E-state index contributed by atoms with van der Waals surface area (Å²) in [5.41, 5.74) is 1.49. The number of benzene rings is 1. The van der Waals surface area contributed by atoms with Gasteiger partial charge < -0.3 is 10.2 Å². The predicted octanol–water partition coefficient (Wildman–Crippen LogP) is 2.70. The molecule has 1 fully saturated rings. The number of aromatic nitrogens is 2. The average Bonchev–Trinajstić information content (AvgIpc) is 3.11. The van der Waals surface area contributed by atoms with Crippen LogP contribution in [-0.4, -0.2) is 33.8 Å². The van der Waals surface area contributed by atoms with Crippen molar-refractivity contribution in [3.63, 3.8) is 0 Å². The van der Waals surface area contributed by atoms with Crippen LogP contribution in [0.25, 0.3) is 0 Å². The first-order valence-corrected chi connectivity index (χ1v) is 8.92. The Labute approximate surface area is 145 Å². The van der Waals surface area contributed by atoms with Crippen molar-refractivity contribution < 1.29 is 9.18 Å². The maximum Gasteiger partial charge on any atom is 0.220 e. The van der Waals surface area contributed by atoms with Crippen molar-refractivity contribution in [2.45, 2.75) is 38.6 Å². The van der Waals surface area contributed by atoms with Crippen LogP contribution in [0.1, 0.15) is 30.4 Å². The molecule has 0 bridgehead atoms. The molecule has 5 nitrogen and oxygen atoms in total. The molecule has 1 aliphatic rings. The van der Waals surface area contributed by atoms with Crippen molar-refractivity contribution in [1.82, 2.24) is 14.1 Å². The molecular formula is C17H21FN4OS. The van der Waals surface area contributed by atoms with Crippen LogP contribution >= 0.6 is 11.7 Å². The van der Waals surface area contributed by atoms with Gasteiger partial charge in [0, 0.05) is 25.6 Å². The van der Waals surface area contributed by atoms with E-state index in [0.717, 1.165) is 37.3 Å². The van der Waals surface area contributed by atoms with Crippen molar-refractivity contribution in [2.24, 2.45) is 0 Å². The number of halogens is 1. The number of hydrogen-bond donors (Lipinski definition) is 1. The highest BCUT2D eigenvalue weighted by Gasteiger charge is 2.21. The van der Waals surface area contributed by atoms with Crippen LogP contribution in [0.4, 0.5) is 10.2 Å². The molecule has 0 spiro atoms. The molecule has 2 aromatic rings. The van der Waals surface area contributed by atoms with E-state index in [-0.39, 0.29) is 17.8 Å². The Bertz CT molecular complexity index is 684. The van der Waals surface area contributed by atoms with E-state index < -0.39 is 0 Å². The topological polar surface area (TPSA) is 58.1 Å². The van der Waals surface area contributed by atoms with E-state index in [4.69, 9.17) is 0 Å². The quantitative estimate of drug-likeness (QED) is 0.903. The molecule has 1 amide bonds. The minimum absolute atomic E-state index is 0.0322. The highest BCUT2D eigenvalue weighted by Crippen LogP contribution is 2.18. The first kappa shape index (κ1) is 16.8. The average molecular weight is 348 g/mol. The summed E-state index contributed by atoms with van der Waals surface area (Å²) in [5, 5.41) is 3.09. The summed E-state index contributed by atoms with van der Waals surface area (Å²) in [6.45, 7) is 3.49. The Morgan fingerprint density at radius 1 is 1.42 bits per heavy atom. The summed E-state index contributed by atoms with van der Waals surface area (Å²) in [6, 6.07) is 5.36. The summed E-state index contributed by atoms with van der Waals surface area (Å²) >= 11 is 1.21. The van der Waals surface area contributed by atoms with E-state index in [9.17, 15) is 9.18 Å². The summed E-state index contributed by atoms with van der Waals surface area (Å²) < 4.78 is 21.8. The van der Waals surface area contributed by atoms with Gasteiger partial charge in [0.05, 0.1) is 17.9 Å². The SMILES string of the molecule is Cc1ccc(CCC(=O)NC2CCN(c3cnsn3)CC2)cc1F. The molecule has 1 saturated heterocycles. The Kier molecular flexibility index (Phi) is 5.40. The van der Waals surface area contributed by atoms with Gasteiger partial charge in [0.2, 0.25) is 5.91 Å². The van der Waals surface area contributed by atoms with Crippen LogP contribution in [0.2, 0.25) is 0 Å². The largest absolute Gasteiger partial charge is 0.354 e. The molecule has 128 valence electrons. The summed E-state index contributed by atoms with van der Waals surface area (Å²) in [7, 11) is 0. The number of aryl methyl sites for hydroxylation is 2. The number of nitrogens with zero attached hydrogens (tertiary/aromatic N) is 3. The van der Waals surface area contributed by atoms with Crippen LogP contribution in [0, 0.1) is 12.7 Å². The molecule has 0 saturated carbocycles. The van der Waals surface area contributed by atoms with Gasteiger partial charge in [0.15, 0.2) is 5.82 Å². The molecule has 2 heterocycles. The van der Waals surface area contributed by atoms with Gasteiger partial charge in [-0.05, 0) is 43.4 Å². The minimum Gasteiger partial charge on any atom is -0.354 e. The number of carbonyl (C=O) groups excluding carboxylic acids is 1. The molecule has 0 radical (unpaired) electrons. The third-order valence-corrected chi connectivity index (χ3v) is 4.88. The smallest absolute Gasteiger partial charge is 0.220 e. The lowest BCUT2D eigenvalue weighted by Crippen LogP contribution is -2.44. The van der Waals surface area contributed by atoms with Gasteiger partial charge in [-0.3, -0.25) is 4.79 Å². The molecule has 1 N–H and O–H groups in total. The van der Waals surface area contributed by atoms with Crippen LogP contribution in [0.3, 0.4) is 0 Å². The highest BCUT2D eigenvalue weighted by molar-refractivity contribution is 6.99. The molecular weight excluding hydrogens is 327 g/mol. The van der Waals surface area contributed by atoms with E-state index in [1.54, 1.807) is 19.2 Å². The fourth-order valence-electron chi connectivity index (χ4n) is 2.90. The number of carbonyl (C=O) groups is 1. The number of piperidine rings is 1. The van der Waals surface area contributed by atoms with Crippen molar-refractivity contribution in [3.8, 4) is 0 Å². The number of rotatable bonds is 5. The van der Waals surface area contributed by atoms with E-state index >= 15 is 0 Å². The molecule has 0 unspecified atom stereocenters. The second-order valence-electron chi connectivity index (χ2n) is 6.18. The lowest BCUT2D eigenvalue weighted by atomic mass is 10.0. The third kappa shape index (κ3) is 4.29. The highest BCUT2D eigenvalue weighted by atomic mass is 32.1. The summed E-state index contributed by atoms with van der Waals surface area (Å²) in [4.78, 5) is 14.3. The Hall–Kier alpha value is -2.02. The van der Waals surface area contributed by atoms with Crippen LogP contribution < -0.4 is 10.2 Å². The number of nitrogens with one attached hydrogen (secondary N) is 1. The van der Waals surface area contributed by atoms with Gasteiger partial charge in [-0.15, -0.1) is 0 Å². The van der Waals surface area contributed by atoms with E-state index in [1.807, 2.05) is 6.07 Å². The van der Waals surface area contributed by atoms with Crippen molar-refractivity contribution in [1.29, 1.82) is 0 Å². The zero-order chi connectivity index (χ0) is 16.9. The molecule has 1 aromatic heterocycles. The van der Waals surface area contributed by atoms with E-state index in [2.05, 4.69) is 19.0 Å². The number of hydrogen-bond acceptors (Lipinski definition) is 5. The number of anilines is 1. The third-order valence-electron chi connectivity index (χ3n) is 4.41. The Balaban J connectivity index is 1.42. The zero-order valence-electron chi connectivity index (χ0n) is 13.7. The van der Waals surface area contributed by atoms with Crippen molar-refractivity contribution in [3.05, 3.63) is 41.3 Å². The monoisotopic (exact) mass is 348 g/mol. The first-order valence-electron chi connectivity index (χ1n) is 8.19. The molecule has 1 aliphatic heterocycles. The maximum atomic E-state index is 13.5. The predicted molar refractivity (Wildman–Crippen MR) is 92.7 cm³/mol. The Morgan fingerprint density at radius 3 is 2.88 bits per heavy atom. The molecule has 3 rings (SSSR count). The van der Waals surface area contributed by atoms with E-state index in [1.165, 1.54) is 17.8 Å².